The van der Waals surface area contributed by atoms with Crippen molar-refractivity contribution in [2.45, 2.75) is 19.3 Å². The monoisotopic (exact) mass is 426 g/mol. The maximum atomic E-state index is 14.7. The fraction of sp³-hybridized carbons (Fsp3) is 0.304. The van der Waals surface area contributed by atoms with Crippen LogP contribution in [0.4, 0.5) is 10.3 Å². The fourth-order valence-electron chi connectivity index (χ4n) is 3.15. The molecule has 1 unspecified atom stereocenters. The Kier molecular flexibility index (Phi) is 8.14. The van der Waals surface area contributed by atoms with E-state index in [1.54, 1.807) is 12.1 Å². The highest BCUT2D eigenvalue weighted by Crippen LogP contribution is 2.28. The molecule has 3 rings (SSSR count). The van der Waals surface area contributed by atoms with Crippen LogP contribution in [0, 0.1) is 5.82 Å². The second kappa shape index (κ2) is 11.2. The van der Waals surface area contributed by atoms with Gasteiger partial charge in [-0.3, -0.25) is 10.3 Å². The van der Waals surface area contributed by atoms with Crippen molar-refractivity contribution >= 4 is 11.8 Å². The molecule has 2 aromatic carbocycles. The van der Waals surface area contributed by atoms with Gasteiger partial charge in [0.05, 0.1) is 32.1 Å². The van der Waals surface area contributed by atoms with Crippen LogP contribution >= 0.6 is 0 Å². The standard InChI is InChI=1S/C23H27FN4O3/c1-16(18-7-8-20(21(24)14-18)17-5-3-2-4-6-17)13-19-15-22(31-28-19)27-23(25)26-9-11-30-12-10-29/h2-8,14-16,29H,9-13H2,1H3,(H3,25,26,27). The van der Waals surface area contributed by atoms with Gasteiger partial charge in [0.15, 0.2) is 5.96 Å². The number of halogens is 1. The molecule has 0 saturated heterocycles. The number of anilines is 1. The largest absolute Gasteiger partial charge is 0.394 e. The van der Waals surface area contributed by atoms with Crippen molar-refractivity contribution in [1.29, 1.82) is 0 Å². The number of nitrogens with two attached hydrogens (primary N) is 1. The van der Waals surface area contributed by atoms with Gasteiger partial charge in [0.25, 0.3) is 0 Å². The molecule has 0 aliphatic heterocycles. The topological polar surface area (TPSA) is 106 Å². The maximum Gasteiger partial charge on any atom is 0.231 e. The lowest BCUT2D eigenvalue weighted by atomic mass is 9.94. The minimum Gasteiger partial charge on any atom is -0.394 e. The van der Waals surface area contributed by atoms with Gasteiger partial charge in [0, 0.05) is 11.6 Å². The molecule has 0 aliphatic carbocycles. The normalized spacial score (nSPS) is 12.7. The van der Waals surface area contributed by atoms with E-state index >= 15 is 0 Å². The summed E-state index contributed by atoms with van der Waals surface area (Å²) in [6, 6.07) is 16.6. The number of aromatic nitrogens is 1. The van der Waals surface area contributed by atoms with E-state index in [9.17, 15) is 4.39 Å². The second-order valence-electron chi connectivity index (χ2n) is 7.12. The summed E-state index contributed by atoms with van der Waals surface area (Å²) in [7, 11) is 0. The van der Waals surface area contributed by atoms with E-state index in [0.29, 0.717) is 31.0 Å². The minimum atomic E-state index is -0.245. The highest BCUT2D eigenvalue weighted by Gasteiger charge is 2.14. The molecule has 164 valence electrons. The van der Waals surface area contributed by atoms with Crippen LogP contribution in [0.3, 0.4) is 0 Å². The molecule has 0 fully saturated rings. The predicted octanol–water partition coefficient (Wildman–Crippen LogP) is 3.56. The Labute approximate surface area is 180 Å². The van der Waals surface area contributed by atoms with Crippen molar-refractivity contribution in [2.75, 3.05) is 31.7 Å². The van der Waals surface area contributed by atoms with Crippen molar-refractivity contribution in [3.8, 4) is 11.1 Å². The van der Waals surface area contributed by atoms with Gasteiger partial charge in [0.1, 0.15) is 5.82 Å². The maximum absolute atomic E-state index is 14.7. The molecule has 0 amide bonds. The zero-order chi connectivity index (χ0) is 22.1. The third-order valence-electron chi connectivity index (χ3n) is 4.73. The first-order valence-corrected chi connectivity index (χ1v) is 10.1. The zero-order valence-corrected chi connectivity index (χ0v) is 17.4. The molecule has 1 aromatic heterocycles. The van der Waals surface area contributed by atoms with Crippen molar-refractivity contribution in [1.82, 2.24) is 5.16 Å². The number of aliphatic hydroxyl groups excluding tert-OH is 1. The van der Waals surface area contributed by atoms with E-state index in [2.05, 4.69) is 15.5 Å². The van der Waals surface area contributed by atoms with Crippen LogP contribution in [0.5, 0.6) is 0 Å². The number of guanidine groups is 1. The van der Waals surface area contributed by atoms with Crippen molar-refractivity contribution in [2.24, 2.45) is 10.7 Å². The third kappa shape index (κ3) is 6.63. The number of aliphatic hydroxyl groups is 1. The van der Waals surface area contributed by atoms with Crippen molar-refractivity contribution in [3.05, 3.63) is 71.7 Å². The van der Waals surface area contributed by atoms with E-state index in [1.807, 2.05) is 49.4 Å². The first-order chi connectivity index (χ1) is 15.1. The Bertz CT molecular complexity index is 991. The molecular weight excluding hydrogens is 399 g/mol. The lowest BCUT2D eigenvalue weighted by molar-refractivity contribution is 0.0978. The highest BCUT2D eigenvalue weighted by atomic mass is 19.1. The average Bonchev–Trinajstić information content (AvgIpc) is 3.20. The first kappa shape index (κ1) is 22.5. The summed E-state index contributed by atoms with van der Waals surface area (Å²) in [6.07, 6.45) is 0.585. The molecule has 31 heavy (non-hydrogen) atoms. The summed E-state index contributed by atoms with van der Waals surface area (Å²) < 4.78 is 25.0. The molecule has 0 aliphatic rings. The van der Waals surface area contributed by atoms with Crippen LogP contribution in [0.15, 0.2) is 64.1 Å². The Morgan fingerprint density at radius 1 is 1.23 bits per heavy atom. The third-order valence-corrected chi connectivity index (χ3v) is 4.73. The quantitative estimate of drug-likeness (QED) is 0.260. The SMILES string of the molecule is CC(Cc1cc(NC(N)=NCCOCCO)on1)c1ccc(-c2ccccc2)c(F)c1. The van der Waals surface area contributed by atoms with Gasteiger partial charge in [-0.15, -0.1) is 0 Å². The Hall–Kier alpha value is -3.23. The zero-order valence-electron chi connectivity index (χ0n) is 17.4. The summed E-state index contributed by atoms with van der Waals surface area (Å²) in [5.41, 5.74) is 8.85. The summed E-state index contributed by atoms with van der Waals surface area (Å²) in [4.78, 5) is 4.10. The molecule has 0 radical (unpaired) electrons. The summed E-state index contributed by atoms with van der Waals surface area (Å²) in [5, 5.41) is 15.5. The van der Waals surface area contributed by atoms with Crippen LogP contribution in [0.25, 0.3) is 11.1 Å². The number of benzene rings is 2. The first-order valence-electron chi connectivity index (χ1n) is 10.1. The van der Waals surface area contributed by atoms with Gasteiger partial charge >= 0.3 is 0 Å². The van der Waals surface area contributed by atoms with E-state index < -0.39 is 0 Å². The molecule has 0 saturated carbocycles. The van der Waals surface area contributed by atoms with Crippen LogP contribution in [-0.2, 0) is 11.2 Å². The van der Waals surface area contributed by atoms with Gasteiger partial charge in [-0.25, -0.2) is 4.39 Å². The van der Waals surface area contributed by atoms with E-state index in [1.165, 1.54) is 0 Å². The molecule has 0 spiro atoms. The molecule has 1 heterocycles. The van der Waals surface area contributed by atoms with Crippen LogP contribution in [0.2, 0.25) is 0 Å². The van der Waals surface area contributed by atoms with Gasteiger partial charge in [-0.05, 0) is 29.5 Å². The number of nitrogens with one attached hydrogen (secondary N) is 1. The summed E-state index contributed by atoms with van der Waals surface area (Å²) in [5.74, 6) is 0.365. The molecule has 7 nitrogen and oxygen atoms in total. The summed E-state index contributed by atoms with van der Waals surface area (Å²) >= 11 is 0. The van der Waals surface area contributed by atoms with Gasteiger partial charge in [-0.2, -0.15) is 0 Å². The van der Waals surface area contributed by atoms with Gasteiger partial charge < -0.3 is 20.1 Å². The molecule has 1 atom stereocenters. The smallest absolute Gasteiger partial charge is 0.231 e. The van der Waals surface area contributed by atoms with Crippen molar-refractivity contribution in [3.63, 3.8) is 0 Å². The van der Waals surface area contributed by atoms with Crippen LogP contribution < -0.4 is 11.1 Å². The predicted molar refractivity (Wildman–Crippen MR) is 118 cm³/mol. The lowest BCUT2D eigenvalue weighted by Crippen LogP contribution is -2.23. The Morgan fingerprint density at radius 3 is 2.77 bits per heavy atom. The lowest BCUT2D eigenvalue weighted by Gasteiger charge is -2.12. The molecule has 3 aromatic rings. The van der Waals surface area contributed by atoms with Gasteiger partial charge in [0.2, 0.25) is 5.88 Å². The van der Waals surface area contributed by atoms with Crippen molar-refractivity contribution < 1.29 is 18.8 Å². The minimum absolute atomic E-state index is 0.0273. The summed E-state index contributed by atoms with van der Waals surface area (Å²) in [6.45, 7) is 2.98. The van der Waals surface area contributed by atoms with E-state index in [4.69, 9.17) is 20.1 Å². The van der Waals surface area contributed by atoms with E-state index in [-0.39, 0.29) is 30.9 Å². The highest BCUT2D eigenvalue weighted by molar-refractivity contribution is 5.90. The molecule has 4 N–H and O–H groups in total. The van der Waals surface area contributed by atoms with Gasteiger partial charge in [-0.1, -0.05) is 54.5 Å². The molecule has 8 heteroatoms. The fourth-order valence-corrected chi connectivity index (χ4v) is 3.15. The average molecular weight is 426 g/mol. The van der Waals surface area contributed by atoms with Crippen LogP contribution in [0.1, 0.15) is 24.1 Å². The second-order valence-corrected chi connectivity index (χ2v) is 7.12. The number of nitrogens with zero attached hydrogens (tertiary/aromatic N) is 2. The Morgan fingerprint density at radius 2 is 2.03 bits per heavy atom. The molecular formula is C23H27FN4O3. The number of hydrogen-bond acceptors (Lipinski definition) is 5. The number of rotatable bonds is 10. The molecule has 0 bridgehead atoms. The van der Waals surface area contributed by atoms with E-state index in [0.717, 1.165) is 16.8 Å². The number of ether oxygens (including phenoxy) is 1. The Balaban J connectivity index is 1.56. The van der Waals surface area contributed by atoms with Crippen LogP contribution in [-0.4, -0.2) is 42.6 Å². The number of hydrogen-bond donors (Lipinski definition) is 3. The number of aliphatic imine (C=N–C) groups is 1.